The SMILES string of the molecule is CCNC(=O)C(NC=O)P(=O)(OCC)OCC. The second kappa shape index (κ2) is 8.22. The van der Waals surface area contributed by atoms with Crippen molar-refractivity contribution < 1.29 is 23.2 Å². The summed E-state index contributed by atoms with van der Waals surface area (Å²) in [6, 6.07) is 0. The third-order valence-electron chi connectivity index (χ3n) is 1.76. The third kappa shape index (κ3) is 4.85. The van der Waals surface area contributed by atoms with Gasteiger partial charge in [0, 0.05) is 6.54 Å². The van der Waals surface area contributed by atoms with Crippen molar-refractivity contribution in [3.8, 4) is 0 Å². The lowest BCUT2D eigenvalue weighted by Gasteiger charge is -2.24. The minimum atomic E-state index is -3.69. The highest BCUT2D eigenvalue weighted by Gasteiger charge is 2.40. The summed E-state index contributed by atoms with van der Waals surface area (Å²) in [5, 5.41) is 4.63. The summed E-state index contributed by atoms with van der Waals surface area (Å²) >= 11 is 0. The second-order valence-corrected chi connectivity index (χ2v) is 5.07. The lowest BCUT2D eigenvalue weighted by Crippen LogP contribution is -2.44. The van der Waals surface area contributed by atoms with Crippen molar-refractivity contribution >= 4 is 19.9 Å². The van der Waals surface area contributed by atoms with Gasteiger partial charge in [-0.05, 0) is 20.8 Å². The first-order chi connectivity index (χ1) is 8.05. The van der Waals surface area contributed by atoms with Gasteiger partial charge in [0.2, 0.25) is 12.2 Å². The Bertz CT molecular complexity index is 287. The average Bonchev–Trinajstić information content (AvgIpc) is 2.26. The summed E-state index contributed by atoms with van der Waals surface area (Å²) in [6.07, 6.45) is 0.296. The van der Waals surface area contributed by atoms with Gasteiger partial charge >= 0.3 is 7.60 Å². The summed E-state index contributed by atoms with van der Waals surface area (Å²) in [4.78, 5) is 22.1. The fourth-order valence-corrected chi connectivity index (χ4v) is 2.91. The monoisotopic (exact) mass is 266 g/mol. The molecule has 0 aromatic heterocycles. The van der Waals surface area contributed by atoms with E-state index in [9.17, 15) is 14.2 Å². The molecule has 1 atom stereocenters. The molecule has 0 aliphatic carbocycles. The highest BCUT2D eigenvalue weighted by molar-refractivity contribution is 7.55. The number of amides is 2. The number of rotatable bonds is 9. The standard InChI is InChI=1S/C9H19N2O5P/c1-4-10-8(13)9(11-7-12)17(14,15-5-2)16-6-3/h7,9H,4-6H2,1-3H3,(H,10,13)(H,11,12). The van der Waals surface area contributed by atoms with Crippen molar-refractivity contribution in [3.05, 3.63) is 0 Å². The fraction of sp³-hybridized carbons (Fsp3) is 0.778. The summed E-state index contributed by atoms with van der Waals surface area (Å²) < 4.78 is 22.3. The van der Waals surface area contributed by atoms with Crippen LogP contribution in [0.3, 0.4) is 0 Å². The first-order valence-corrected chi connectivity index (χ1v) is 7.03. The predicted molar refractivity (Wildman–Crippen MR) is 62.5 cm³/mol. The Balaban J connectivity index is 5.00. The molecule has 7 nitrogen and oxygen atoms in total. The molecule has 0 bridgehead atoms. The molecular weight excluding hydrogens is 247 g/mol. The van der Waals surface area contributed by atoms with E-state index in [-0.39, 0.29) is 13.2 Å². The van der Waals surface area contributed by atoms with Crippen molar-refractivity contribution in [2.24, 2.45) is 0 Å². The first kappa shape index (κ1) is 16.1. The maximum Gasteiger partial charge on any atom is 0.362 e. The zero-order chi connectivity index (χ0) is 13.3. The Labute approximate surface area is 101 Å². The lowest BCUT2D eigenvalue weighted by atomic mass is 10.5. The average molecular weight is 266 g/mol. The summed E-state index contributed by atoms with van der Waals surface area (Å²) in [7, 11) is -3.69. The molecule has 0 spiro atoms. The molecule has 8 heteroatoms. The van der Waals surface area contributed by atoms with Gasteiger partial charge in [0.1, 0.15) is 0 Å². The number of carbonyl (C=O) groups is 2. The van der Waals surface area contributed by atoms with Crippen LogP contribution in [-0.2, 0) is 23.2 Å². The van der Waals surface area contributed by atoms with Gasteiger partial charge in [-0.3, -0.25) is 14.2 Å². The van der Waals surface area contributed by atoms with Crippen LogP contribution in [0.1, 0.15) is 20.8 Å². The van der Waals surface area contributed by atoms with Gasteiger partial charge < -0.3 is 19.7 Å². The van der Waals surface area contributed by atoms with Gasteiger partial charge in [-0.15, -0.1) is 0 Å². The molecule has 1 unspecified atom stereocenters. The van der Waals surface area contributed by atoms with Gasteiger partial charge in [0.15, 0.2) is 0 Å². The second-order valence-electron chi connectivity index (χ2n) is 2.96. The molecule has 17 heavy (non-hydrogen) atoms. The van der Waals surface area contributed by atoms with E-state index in [0.717, 1.165) is 0 Å². The molecular formula is C9H19N2O5P. The van der Waals surface area contributed by atoms with Crippen molar-refractivity contribution in [2.75, 3.05) is 19.8 Å². The van der Waals surface area contributed by atoms with E-state index in [1.807, 2.05) is 0 Å². The molecule has 0 aliphatic rings. The number of hydrogen-bond donors (Lipinski definition) is 2. The number of carbonyl (C=O) groups excluding carboxylic acids is 2. The summed E-state index contributed by atoms with van der Waals surface area (Å²) in [6.45, 7) is 5.56. The molecule has 2 amide bonds. The van der Waals surface area contributed by atoms with Crippen LogP contribution in [0.2, 0.25) is 0 Å². The lowest BCUT2D eigenvalue weighted by molar-refractivity contribution is -0.123. The maximum atomic E-state index is 12.3. The van der Waals surface area contributed by atoms with Crippen molar-refractivity contribution in [2.45, 2.75) is 26.6 Å². The highest BCUT2D eigenvalue weighted by atomic mass is 31.2. The van der Waals surface area contributed by atoms with Crippen LogP contribution >= 0.6 is 7.60 Å². The smallest absolute Gasteiger partial charge is 0.354 e. The zero-order valence-electron chi connectivity index (χ0n) is 10.3. The van der Waals surface area contributed by atoms with Crippen LogP contribution in [0, 0.1) is 0 Å². The molecule has 0 heterocycles. The number of nitrogens with one attached hydrogen (secondary N) is 2. The molecule has 0 radical (unpaired) electrons. The van der Waals surface area contributed by atoms with Gasteiger partial charge in [-0.1, -0.05) is 0 Å². The summed E-state index contributed by atoms with van der Waals surface area (Å²) in [5.74, 6) is -1.91. The maximum absolute atomic E-state index is 12.3. The van der Waals surface area contributed by atoms with Crippen molar-refractivity contribution in [3.63, 3.8) is 0 Å². The van der Waals surface area contributed by atoms with E-state index in [1.165, 1.54) is 0 Å². The highest BCUT2D eigenvalue weighted by Crippen LogP contribution is 2.51. The van der Waals surface area contributed by atoms with Gasteiger partial charge in [-0.25, -0.2) is 0 Å². The van der Waals surface area contributed by atoms with E-state index in [2.05, 4.69) is 10.6 Å². The number of hydrogen-bond acceptors (Lipinski definition) is 5. The molecule has 0 saturated carbocycles. The Morgan fingerprint density at radius 2 is 1.82 bits per heavy atom. The molecule has 0 fully saturated rings. The Morgan fingerprint density at radius 3 is 2.18 bits per heavy atom. The minimum absolute atomic E-state index is 0.119. The van der Waals surface area contributed by atoms with Crippen molar-refractivity contribution in [1.29, 1.82) is 0 Å². The van der Waals surface area contributed by atoms with E-state index in [1.54, 1.807) is 20.8 Å². The van der Waals surface area contributed by atoms with Gasteiger partial charge in [0.05, 0.1) is 13.2 Å². The van der Waals surface area contributed by atoms with E-state index >= 15 is 0 Å². The van der Waals surface area contributed by atoms with Crippen LogP contribution < -0.4 is 10.6 Å². The van der Waals surface area contributed by atoms with Crippen LogP contribution in [0.15, 0.2) is 0 Å². The molecule has 0 aliphatic heterocycles. The molecule has 0 rings (SSSR count). The Hall–Kier alpha value is -0.910. The van der Waals surface area contributed by atoms with Crippen LogP contribution in [0.5, 0.6) is 0 Å². The fourth-order valence-electron chi connectivity index (χ4n) is 1.19. The molecule has 2 N–H and O–H groups in total. The minimum Gasteiger partial charge on any atom is -0.354 e. The van der Waals surface area contributed by atoms with Gasteiger partial charge in [0.25, 0.3) is 5.91 Å². The van der Waals surface area contributed by atoms with Crippen LogP contribution in [0.25, 0.3) is 0 Å². The van der Waals surface area contributed by atoms with Gasteiger partial charge in [-0.2, -0.15) is 0 Å². The first-order valence-electron chi connectivity index (χ1n) is 5.41. The van der Waals surface area contributed by atoms with E-state index in [4.69, 9.17) is 9.05 Å². The van der Waals surface area contributed by atoms with Crippen LogP contribution in [0.4, 0.5) is 0 Å². The molecule has 100 valence electrons. The largest absolute Gasteiger partial charge is 0.362 e. The number of likely N-dealkylation sites (N-methyl/N-ethyl adjacent to an activating group) is 1. The van der Waals surface area contributed by atoms with Crippen molar-refractivity contribution in [1.82, 2.24) is 10.6 Å². The normalized spacial score (nSPS) is 12.9. The van der Waals surface area contributed by atoms with Crippen LogP contribution in [-0.4, -0.2) is 37.9 Å². The predicted octanol–water partition coefficient (Wildman–Crippen LogP) is 0.461. The molecule has 0 saturated heterocycles. The topological polar surface area (TPSA) is 93.7 Å². The summed E-state index contributed by atoms with van der Waals surface area (Å²) in [5.41, 5.74) is 0. The molecule has 0 aromatic rings. The van der Waals surface area contributed by atoms with E-state index < -0.39 is 19.3 Å². The molecule has 0 aromatic carbocycles. The Morgan fingerprint density at radius 1 is 1.29 bits per heavy atom. The third-order valence-corrected chi connectivity index (χ3v) is 4.01. The Kier molecular flexibility index (Phi) is 7.78. The quantitative estimate of drug-likeness (QED) is 0.467. The van der Waals surface area contributed by atoms with E-state index in [0.29, 0.717) is 13.0 Å². The zero-order valence-corrected chi connectivity index (χ0v) is 11.2.